The Morgan fingerprint density at radius 3 is 2.38 bits per heavy atom. The first-order valence-electron chi connectivity index (χ1n) is 3.85. The van der Waals surface area contributed by atoms with Gasteiger partial charge in [-0.3, -0.25) is 0 Å². The summed E-state index contributed by atoms with van der Waals surface area (Å²) in [5.74, 6) is -1.74. The lowest BCUT2D eigenvalue weighted by Gasteiger charge is -2.10. The second-order valence-corrected chi connectivity index (χ2v) is 3.69. The zero-order valence-corrected chi connectivity index (χ0v) is 8.29. The number of aromatic nitrogens is 1. The van der Waals surface area contributed by atoms with Crippen LogP contribution in [0.2, 0.25) is 0 Å². The number of carboxylic acids is 1. The topological polar surface area (TPSA) is 90.7 Å². The Bertz CT molecular complexity index is 391. The summed E-state index contributed by atoms with van der Waals surface area (Å²) in [4.78, 5) is 13.3. The Morgan fingerprint density at radius 1 is 1.44 bits per heavy atom. The van der Waals surface area contributed by atoms with Crippen molar-refractivity contribution in [1.29, 1.82) is 0 Å². The Balaban J connectivity index is 2.90. The van der Waals surface area contributed by atoms with Gasteiger partial charge in [-0.25, -0.2) is 9.78 Å². The summed E-state index contributed by atoms with van der Waals surface area (Å²) in [5.41, 5.74) is -1.23. The standard InChI is InChI=1S/C7H6F3NO4S/c8-7(9,10)2-1-16-5(11-2)3(12)4(13)6(14)15/h1,3-4,12-13H,(H,14,15). The van der Waals surface area contributed by atoms with Gasteiger partial charge in [-0.1, -0.05) is 0 Å². The van der Waals surface area contributed by atoms with Crippen molar-refractivity contribution < 1.29 is 33.3 Å². The van der Waals surface area contributed by atoms with Gasteiger partial charge in [0.15, 0.2) is 11.8 Å². The number of hydrogen-bond acceptors (Lipinski definition) is 5. The summed E-state index contributed by atoms with van der Waals surface area (Å²) in [6.07, 6.45) is -8.84. The summed E-state index contributed by atoms with van der Waals surface area (Å²) < 4.78 is 36.3. The molecule has 0 fully saturated rings. The fourth-order valence-electron chi connectivity index (χ4n) is 0.824. The third-order valence-corrected chi connectivity index (χ3v) is 2.53. The number of carbonyl (C=O) groups is 1. The molecule has 1 heterocycles. The summed E-state index contributed by atoms with van der Waals surface area (Å²) in [5, 5.41) is 26.5. The van der Waals surface area contributed by atoms with Gasteiger partial charge in [0.05, 0.1) is 0 Å². The van der Waals surface area contributed by atoms with E-state index in [2.05, 4.69) is 4.98 Å². The highest BCUT2D eigenvalue weighted by atomic mass is 32.1. The number of carboxylic acid groups (broad SMARTS) is 1. The van der Waals surface area contributed by atoms with E-state index >= 15 is 0 Å². The van der Waals surface area contributed by atoms with Gasteiger partial charge in [0.2, 0.25) is 0 Å². The zero-order chi connectivity index (χ0) is 12.5. The van der Waals surface area contributed by atoms with Gasteiger partial charge in [-0.15, -0.1) is 11.3 Å². The van der Waals surface area contributed by atoms with E-state index in [0.717, 1.165) is 0 Å². The van der Waals surface area contributed by atoms with Crippen molar-refractivity contribution in [2.45, 2.75) is 18.4 Å². The first kappa shape index (κ1) is 12.9. The molecule has 0 aliphatic heterocycles. The molecule has 0 amide bonds. The average molecular weight is 257 g/mol. The molecule has 0 saturated carbocycles. The molecule has 3 N–H and O–H groups in total. The van der Waals surface area contributed by atoms with Gasteiger partial charge in [-0.2, -0.15) is 13.2 Å². The summed E-state index contributed by atoms with van der Waals surface area (Å²) >= 11 is 0.426. The van der Waals surface area contributed by atoms with E-state index in [1.165, 1.54) is 0 Å². The van der Waals surface area contributed by atoms with Crippen LogP contribution in [0.1, 0.15) is 16.8 Å². The number of hydrogen-bond donors (Lipinski definition) is 3. The maximum Gasteiger partial charge on any atom is 0.434 e. The summed E-state index contributed by atoms with van der Waals surface area (Å²) in [6, 6.07) is 0. The Morgan fingerprint density at radius 2 is 2.00 bits per heavy atom. The highest BCUT2D eigenvalue weighted by Crippen LogP contribution is 2.32. The normalized spacial score (nSPS) is 15.8. The quantitative estimate of drug-likeness (QED) is 0.739. The molecule has 2 atom stereocenters. The minimum Gasteiger partial charge on any atom is -0.479 e. The van der Waals surface area contributed by atoms with Gasteiger partial charge in [-0.05, 0) is 0 Å². The van der Waals surface area contributed by atoms with Crippen LogP contribution in [0.5, 0.6) is 0 Å². The van der Waals surface area contributed by atoms with Crippen LogP contribution < -0.4 is 0 Å². The number of thiazole rings is 1. The molecule has 0 aliphatic rings. The number of halogens is 3. The van der Waals surface area contributed by atoms with Crippen LogP contribution in [-0.2, 0) is 11.0 Å². The van der Waals surface area contributed by atoms with Crippen molar-refractivity contribution >= 4 is 17.3 Å². The van der Waals surface area contributed by atoms with E-state index in [9.17, 15) is 23.1 Å². The molecule has 0 saturated heterocycles. The van der Waals surface area contributed by atoms with Gasteiger partial charge in [0.25, 0.3) is 0 Å². The third kappa shape index (κ3) is 2.68. The number of rotatable bonds is 3. The second kappa shape index (κ2) is 4.36. The molecule has 0 aliphatic carbocycles. The van der Waals surface area contributed by atoms with Crippen molar-refractivity contribution in [1.82, 2.24) is 4.98 Å². The van der Waals surface area contributed by atoms with Crippen LogP contribution in [0.4, 0.5) is 13.2 Å². The van der Waals surface area contributed by atoms with E-state index in [1.807, 2.05) is 0 Å². The summed E-state index contributed by atoms with van der Waals surface area (Å²) in [6.45, 7) is 0. The number of aliphatic hydroxyl groups is 2. The largest absolute Gasteiger partial charge is 0.479 e. The lowest BCUT2D eigenvalue weighted by molar-refractivity contribution is -0.153. The maximum atomic E-state index is 12.1. The second-order valence-electron chi connectivity index (χ2n) is 2.80. The van der Waals surface area contributed by atoms with Crippen molar-refractivity contribution in [2.75, 3.05) is 0 Å². The molecule has 2 unspecified atom stereocenters. The molecule has 0 aromatic carbocycles. The lowest BCUT2D eigenvalue weighted by atomic mass is 10.2. The van der Waals surface area contributed by atoms with Gasteiger partial charge >= 0.3 is 12.1 Å². The molecule has 9 heteroatoms. The SMILES string of the molecule is O=C(O)C(O)C(O)c1nc(C(F)(F)F)cs1. The lowest BCUT2D eigenvalue weighted by Crippen LogP contribution is -2.27. The van der Waals surface area contributed by atoms with E-state index < -0.39 is 35.1 Å². The van der Waals surface area contributed by atoms with Crippen LogP contribution in [0.3, 0.4) is 0 Å². The highest BCUT2D eigenvalue weighted by molar-refractivity contribution is 7.09. The van der Waals surface area contributed by atoms with Crippen LogP contribution in [0.25, 0.3) is 0 Å². The molecule has 0 bridgehead atoms. The highest BCUT2D eigenvalue weighted by Gasteiger charge is 2.36. The van der Waals surface area contributed by atoms with Crippen LogP contribution in [0, 0.1) is 0 Å². The van der Waals surface area contributed by atoms with E-state index in [1.54, 1.807) is 0 Å². The van der Waals surface area contributed by atoms with E-state index in [0.29, 0.717) is 16.7 Å². The van der Waals surface area contributed by atoms with Crippen molar-refractivity contribution in [3.63, 3.8) is 0 Å². The minimum atomic E-state index is -4.66. The molecular weight excluding hydrogens is 251 g/mol. The van der Waals surface area contributed by atoms with Crippen LogP contribution >= 0.6 is 11.3 Å². The van der Waals surface area contributed by atoms with Gasteiger partial charge in [0, 0.05) is 5.38 Å². The monoisotopic (exact) mass is 257 g/mol. The maximum absolute atomic E-state index is 12.1. The van der Waals surface area contributed by atoms with E-state index in [4.69, 9.17) is 10.2 Å². The molecule has 0 spiro atoms. The minimum absolute atomic E-state index is 0.426. The molecule has 1 aromatic rings. The van der Waals surface area contributed by atoms with Crippen molar-refractivity contribution in [3.8, 4) is 0 Å². The zero-order valence-electron chi connectivity index (χ0n) is 7.47. The predicted molar refractivity (Wildman–Crippen MR) is 45.7 cm³/mol. The van der Waals surface area contributed by atoms with Crippen LogP contribution in [0.15, 0.2) is 5.38 Å². The van der Waals surface area contributed by atoms with Crippen molar-refractivity contribution in [3.05, 3.63) is 16.1 Å². The van der Waals surface area contributed by atoms with Crippen molar-refractivity contribution in [2.24, 2.45) is 0 Å². The average Bonchev–Trinajstić information content (AvgIpc) is 2.63. The first-order valence-corrected chi connectivity index (χ1v) is 4.73. The molecular formula is C7H6F3NO4S. The molecule has 90 valence electrons. The van der Waals surface area contributed by atoms with Crippen LogP contribution in [-0.4, -0.2) is 32.4 Å². The molecule has 1 aromatic heterocycles. The Kier molecular flexibility index (Phi) is 3.51. The Hall–Kier alpha value is -1.19. The Labute approximate surface area is 90.8 Å². The fraction of sp³-hybridized carbons (Fsp3) is 0.429. The predicted octanol–water partition coefficient (Wildman–Crippen LogP) is 0.641. The number of nitrogens with zero attached hydrogens (tertiary/aromatic N) is 1. The summed E-state index contributed by atoms with van der Waals surface area (Å²) in [7, 11) is 0. The van der Waals surface area contributed by atoms with Gasteiger partial charge in [0.1, 0.15) is 11.1 Å². The third-order valence-electron chi connectivity index (χ3n) is 1.62. The first-order chi connectivity index (χ1) is 7.23. The molecule has 5 nitrogen and oxygen atoms in total. The molecule has 16 heavy (non-hydrogen) atoms. The molecule has 0 radical (unpaired) electrons. The van der Waals surface area contributed by atoms with Gasteiger partial charge < -0.3 is 15.3 Å². The number of alkyl halides is 3. The number of aliphatic hydroxyl groups excluding tert-OH is 2. The smallest absolute Gasteiger partial charge is 0.434 e. The fourth-order valence-corrected chi connectivity index (χ4v) is 1.66. The molecule has 1 rings (SSSR count). The van der Waals surface area contributed by atoms with E-state index in [-0.39, 0.29) is 0 Å². The number of aliphatic carboxylic acids is 1.